The number of carboxylic acid groups (broad SMARTS) is 1. The predicted octanol–water partition coefficient (Wildman–Crippen LogP) is 4.86. The van der Waals surface area contributed by atoms with Gasteiger partial charge in [-0.1, -0.05) is 69.3 Å². The highest BCUT2D eigenvalue weighted by atomic mass is 16.6. The monoisotopic (exact) mass is 602 g/mol. The lowest BCUT2D eigenvalue weighted by Gasteiger charge is -2.38. The van der Waals surface area contributed by atoms with Crippen LogP contribution < -0.4 is 16.0 Å². The van der Waals surface area contributed by atoms with E-state index in [-0.39, 0.29) is 42.7 Å². The number of aliphatic carboxylic acids is 1. The topological polar surface area (TPSA) is 150 Å². The van der Waals surface area contributed by atoms with Crippen molar-refractivity contribution in [2.24, 2.45) is 16.7 Å². The van der Waals surface area contributed by atoms with Gasteiger partial charge in [-0.2, -0.15) is 0 Å². The SMILES string of the molecule is CC1(C)[C@H]2CC[C@]1(C)[C@H](OC(=O)N[C@@H](Cc1c[nH]c3ccccc13)C(=O)NC[C@H](NC(=O)CCC(=O)O)c1ccccc1)C2. The van der Waals surface area contributed by atoms with Crippen molar-refractivity contribution in [3.8, 4) is 0 Å². The Hall–Kier alpha value is -4.34. The summed E-state index contributed by atoms with van der Waals surface area (Å²) in [5.74, 6) is -1.43. The molecule has 44 heavy (non-hydrogen) atoms. The summed E-state index contributed by atoms with van der Waals surface area (Å²) in [7, 11) is 0. The number of para-hydroxylation sites is 1. The highest BCUT2D eigenvalue weighted by Gasteiger charge is 2.63. The summed E-state index contributed by atoms with van der Waals surface area (Å²) < 4.78 is 6.02. The molecule has 0 radical (unpaired) electrons. The van der Waals surface area contributed by atoms with E-state index in [1.807, 2.05) is 60.8 Å². The quantitative estimate of drug-likeness (QED) is 0.200. The van der Waals surface area contributed by atoms with Gasteiger partial charge in [0.25, 0.3) is 0 Å². The van der Waals surface area contributed by atoms with Gasteiger partial charge in [0.15, 0.2) is 0 Å². The first-order valence-electron chi connectivity index (χ1n) is 15.3. The Balaban J connectivity index is 1.31. The van der Waals surface area contributed by atoms with Crippen molar-refractivity contribution in [3.05, 3.63) is 71.9 Å². The fourth-order valence-electron chi connectivity index (χ4n) is 7.09. The molecule has 3 aromatic rings. The fourth-order valence-corrected chi connectivity index (χ4v) is 7.09. The second kappa shape index (κ2) is 12.7. The molecule has 5 N–H and O–H groups in total. The van der Waals surface area contributed by atoms with Crippen molar-refractivity contribution in [1.82, 2.24) is 20.9 Å². The molecule has 0 aliphatic heterocycles. The Labute approximate surface area is 257 Å². The average molecular weight is 603 g/mol. The number of benzene rings is 2. The van der Waals surface area contributed by atoms with Crippen LogP contribution in [0.1, 0.15) is 70.0 Å². The van der Waals surface area contributed by atoms with Crippen LogP contribution in [0.5, 0.6) is 0 Å². The second-order valence-corrected chi connectivity index (χ2v) is 12.9. The number of nitrogens with one attached hydrogen (secondary N) is 4. The maximum atomic E-state index is 13.7. The summed E-state index contributed by atoms with van der Waals surface area (Å²) >= 11 is 0. The number of hydrogen-bond acceptors (Lipinski definition) is 5. The predicted molar refractivity (Wildman–Crippen MR) is 166 cm³/mol. The number of ether oxygens (including phenoxy) is 1. The lowest BCUT2D eigenvalue weighted by atomic mass is 9.70. The van der Waals surface area contributed by atoms with Gasteiger partial charge >= 0.3 is 12.1 Å². The van der Waals surface area contributed by atoms with Gasteiger partial charge in [-0.15, -0.1) is 0 Å². The minimum Gasteiger partial charge on any atom is -0.481 e. The second-order valence-electron chi connectivity index (χ2n) is 12.9. The number of carbonyl (C=O) groups excluding carboxylic acids is 3. The Morgan fingerprint density at radius 1 is 1.00 bits per heavy atom. The highest BCUT2D eigenvalue weighted by Crippen LogP contribution is 2.66. The molecule has 2 bridgehead atoms. The minimum absolute atomic E-state index is 0.0410. The number of H-pyrrole nitrogens is 1. The number of carboxylic acids is 1. The number of hydrogen-bond donors (Lipinski definition) is 5. The molecule has 0 spiro atoms. The molecular formula is C34H42N4O6. The zero-order valence-corrected chi connectivity index (χ0v) is 25.5. The number of carbonyl (C=O) groups is 4. The molecule has 234 valence electrons. The standard InChI is InChI=1S/C34H42N4O6/c1-33(2)23-15-16-34(33,3)28(18-23)44-32(43)38-26(17-22-19-35-25-12-8-7-11-24(22)25)31(42)36-20-27(21-9-5-4-6-10-21)37-29(39)13-14-30(40)41/h4-12,19,23,26-28,35H,13-18,20H2,1-3H3,(H,36,42)(H,37,39)(H,38,43)(H,40,41)/t23-,26-,27-,28+,34+/m0/s1. The van der Waals surface area contributed by atoms with Gasteiger partial charge in [0.2, 0.25) is 11.8 Å². The van der Waals surface area contributed by atoms with E-state index >= 15 is 0 Å². The van der Waals surface area contributed by atoms with Crippen molar-refractivity contribution >= 4 is 34.8 Å². The highest BCUT2D eigenvalue weighted by molar-refractivity contribution is 5.88. The molecule has 10 nitrogen and oxygen atoms in total. The van der Waals surface area contributed by atoms with Gasteiger partial charge in [0.05, 0.1) is 12.5 Å². The van der Waals surface area contributed by atoms with E-state index in [4.69, 9.17) is 9.84 Å². The average Bonchev–Trinajstić information content (AvgIpc) is 3.57. The molecule has 1 aromatic heterocycles. The molecule has 2 aromatic carbocycles. The third-order valence-electron chi connectivity index (χ3n) is 10.3. The fraction of sp³-hybridized carbons (Fsp3) is 0.471. The van der Waals surface area contributed by atoms with E-state index in [1.165, 1.54) is 0 Å². The van der Waals surface area contributed by atoms with Crippen molar-refractivity contribution < 1.29 is 29.0 Å². The van der Waals surface area contributed by atoms with Crippen LogP contribution in [0.25, 0.3) is 10.9 Å². The van der Waals surface area contributed by atoms with Crippen LogP contribution in [0.3, 0.4) is 0 Å². The third kappa shape index (κ3) is 6.44. The Morgan fingerprint density at radius 3 is 2.41 bits per heavy atom. The molecule has 2 saturated carbocycles. The minimum atomic E-state index is -1.06. The van der Waals surface area contributed by atoms with Crippen molar-refractivity contribution in [2.45, 2.75) is 77.5 Å². The number of aromatic nitrogens is 1. The van der Waals surface area contributed by atoms with Crippen LogP contribution in [0.2, 0.25) is 0 Å². The third-order valence-corrected chi connectivity index (χ3v) is 10.3. The van der Waals surface area contributed by atoms with Crippen LogP contribution >= 0.6 is 0 Å². The lowest BCUT2D eigenvalue weighted by molar-refractivity contribution is -0.138. The van der Waals surface area contributed by atoms with Gasteiger partial charge in [0, 0.05) is 41.9 Å². The summed E-state index contributed by atoms with van der Waals surface area (Å²) in [6.45, 7) is 6.74. The van der Waals surface area contributed by atoms with Crippen molar-refractivity contribution in [1.29, 1.82) is 0 Å². The van der Waals surface area contributed by atoms with Crippen molar-refractivity contribution in [2.75, 3.05) is 6.54 Å². The molecule has 2 aliphatic rings. The molecule has 1 heterocycles. The summed E-state index contributed by atoms with van der Waals surface area (Å²) in [6, 6.07) is 15.4. The summed E-state index contributed by atoms with van der Waals surface area (Å²) in [5, 5.41) is 18.5. The molecule has 5 atom stereocenters. The van der Waals surface area contributed by atoms with E-state index in [1.54, 1.807) is 0 Å². The maximum Gasteiger partial charge on any atom is 0.408 e. The lowest BCUT2D eigenvalue weighted by Crippen LogP contribution is -2.51. The number of fused-ring (bicyclic) bond motifs is 3. The van der Waals surface area contributed by atoms with Gasteiger partial charge in [0.1, 0.15) is 12.1 Å². The first-order chi connectivity index (χ1) is 21.0. The number of aromatic amines is 1. The first-order valence-corrected chi connectivity index (χ1v) is 15.3. The molecule has 10 heteroatoms. The molecule has 0 saturated heterocycles. The van der Waals surface area contributed by atoms with Gasteiger partial charge in [-0.3, -0.25) is 14.4 Å². The van der Waals surface area contributed by atoms with Gasteiger partial charge in [-0.05, 0) is 47.8 Å². The van der Waals surface area contributed by atoms with E-state index < -0.39 is 36.0 Å². The summed E-state index contributed by atoms with van der Waals surface area (Å²) in [5.41, 5.74) is 2.50. The van der Waals surface area contributed by atoms with Crippen LogP contribution in [0.4, 0.5) is 4.79 Å². The van der Waals surface area contributed by atoms with Crippen LogP contribution in [0, 0.1) is 16.7 Å². The zero-order valence-electron chi connectivity index (χ0n) is 25.5. The Kier molecular flexibility index (Phi) is 8.99. The Morgan fingerprint density at radius 2 is 1.73 bits per heavy atom. The van der Waals surface area contributed by atoms with E-state index in [0.717, 1.165) is 41.3 Å². The molecule has 5 rings (SSSR count). The first kappa shape index (κ1) is 31.1. The van der Waals surface area contributed by atoms with E-state index in [9.17, 15) is 19.2 Å². The smallest absolute Gasteiger partial charge is 0.408 e. The van der Waals surface area contributed by atoms with Crippen LogP contribution in [-0.4, -0.2) is 52.7 Å². The number of alkyl carbamates (subject to hydrolysis) is 1. The molecular weight excluding hydrogens is 560 g/mol. The summed E-state index contributed by atoms with van der Waals surface area (Å²) in [6.07, 6.45) is 3.69. The van der Waals surface area contributed by atoms with Crippen LogP contribution in [-0.2, 0) is 25.5 Å². The maximum absolute atomic E-state index is 13.7. The molecule has 2 fully saturated rings. The molecule has 3 amide bonds. The largest absolute Gasteiger partial charge is 0.481 e. The van der Waals surface area contributed by atoms with Crippen LogP contribution in [0.15, 0.2) is 60.8 Å². The van der Waals surface area contributed by atoms with E-state index in [2.05, 4.69) is 41.7 Å². The van der Waals surface area contributed by atoms with Gasteiger partial charge in [-0.25, -0.2) is 4.79 Å². The number of amides is 3. The Bertz CT molecular complexity index is 1520. The van der Waals surface area contributed by atoms with Crippen molar-refractivity contribution in [3.63, 3.8) is 0 Å². The molecule has 0 unspecified atom stereocenters. The van der Waals surface area contributed by atoms with Gasteiger partial charge < -0.3 is 30.8 Å². The van der Waals surface area contributed by atoms with E-state index in [0.29, 0.717) is 5.92 Å². The number of rotatable bonds is 12. The zero-order chi connectivity index (χ0) is 31.5. The summed E-state index contributed by atoms with van der Waals surface area (Å²) in [4.78, 5) is 53.8. The normalized spacial score (nSPS) is 23.1. The molecule has 2 aliphatic carbocycles.